The first-order valence-corrected chi connectivity index (χ1v) is 6.74. The van der Waals surface area contributed by atoms with E-state index in [-0.39, 0.29) is 18.2 Å². The van der Waals surface area contributed by atoms with Gasteiger partial charge in [0.1, 0.15) is 12.4 Å². The van der Waals surface area contributed by atoms with Gasteiger partial charge in [0.15, 0.2) is 0 Å². The number of amides is 2. The number of hydrogen-bond acceptors (Lipinski definition) is 3. The highest BCUT2D eigenvalue weighted by atomic mass is 16.5. The number of carbonyl (C=O) groups is 2. The first-order chi connectivity index (χ1) is 9.50. The van der Waals surface area contributed by atoms with Crippen LogP contribution in [-0.4, -0.2) is 25.0 Å². The summed E-state index contributed by atoms with van der Waals surface area (Å²) in [6.45, 7) is 4.54. The molecule has 5 nitrogen and oxygen atoms in total. The Bertz CT molecular complexity index is 432. The van der Waals surface area contributed by atoms with Gasteiger partial charge in [0.05, 0.1) is 6.54 Å². The van der Waals surface area contributed by atoms with Gasteiger partial charge in [0.2, 0.25) is 11.8 Å². The van der Waals surface area contributed by atoms with Crippen molar-refractivity contribution in [2.75, 3.05) is 13.2 Å². The Kier molecular flexibility index (Phi) is 6.56. The van der Waals surface area contributed by atoms with E-state index in [1.807, 2.05) is 44.2 Å². The van der Waals surface area contributed by atoms with E-state index in [0.29, 0.717) is 13.2 Å². The fourth-order valence-electron chi connectivity index (χ4n) is 1.81. The summed E-state index contributed by atoms with van der Waals surface area (Å²) < 4.78 is 5.45. The maximum Gasteiger partial charge on any atom is 0.221 e. The summed E-state index contributed by atoms with van der Waals surface area (Å²) >= 11 is 0. The minimum atomic E-state index is -0.435. The van der Waals surface area contributed by atoms with Gasteiger partial charge in [-0.3, -0.25) is 9.59 Å². The van der Waals surface area contributed by atoms with E-state index >= 15 is 0 Å². The Morgan fingerprint density at radius 1 is 1.25 bits per heavy atom. The molecule has 0 heterocycles. The summed E-state index contributed by atoms with van der Waals surface area (Å²) in [5, 5.41) is 2.72. The second-order valence-corrected chi connectivity index (χ2v) is 4.97. The molecule has 20 heavy (non-hydrogen) atoms. The van der Waals surface area contributed by atoms with Crippen LogP contribution >= 0.6 is 0 Å². The number of nitrogens with one attached hydrogen (secondary N) is 1. The van der Waals surface area contributed by atoms with Crippen LogP contribution in [0.2, 0.25) is 0 Å². The Morgan fingerprint density at radius 3 is 2.45 bits per heavy atom. The van der Waals surface area contributed by atoms with Crippen molar-refractivity contribution in [3.63, 3.8) is 0 Å². The molecule has 0 aliphatic carbocycles. The Morgan fingerprint density at radius 2 is 1.90 bits per heavy atom. The molecule has 0 radical (unpaired) electrons. The van der Waals surface area contributed by atoms with Crippen molar-refractivity contribution in [3.8, 4) is 5.75 Å². The second-order valence-electron chi connectivity index (χ2n) is 4.97. The van der Waals surface area contributed by atoms with Gasteiger partial charge in [0.25, 0.3) is 0 Å². The van der Waals surface area contributed by atoms with Crippen molar-refractivity contribution in [2.24, 2.45) is 17.6 Å². The van der Waals surface area contributed by atoms with Crippen molar-refractivity contribution < 1.29 is 14.3 Å². The summed E-state index contributed by atoms with van der Waals surface area (Å²) in [6, 6.07) is 9.37. The summed E-state index contributed by atoms with van der Waals surface area (Å²) in [5.74, 6) is -0.224. The molecule has 1 unspecified atom stereocenters. The molecule has 1 rings (SSSR count). The van der Waals surface area contributed by atoms with Crippen molar-refractivity contribution in [1.29, 1.82) is 0 Å². The predicted octanol–water partition coefficient (Wildman–Crippen LogP) is 1.33. The standard InChI is InChI=1S/C15H22N2O3/c1-11(2)13(15(16)19)10-14(18)17-8-9-20-12-6-4-3-5-7-12/h3-7,11,13H,8-10H2,1-2H3,(H2,16,19)(H,17,18). The molecule has 0 aromatic heterocycles. The molecule has 0 spiro atoms. The van der Waals surface area contributed by atoms with Gasteiger partial charge in [-0.2, -0.15) is 0 Å². The molecule has 1 aromatic rings. The van der Waals surface area contributed by atoms with Crippen molar-refractivity contribution in [2.45, 2.75) is 20.3 Å². The van der Waals surface area contributed by atoms with Crippen LogP contribution in [0.5, 0.6) is 5.75 Å². The van der Waals surface area contributed by atoms with Crippen LogP contribution in [0.1, 0.15) is 20.3 Å². The lowest BCUT2D eigenvalue weighted by Crippen LogP contribution is -2.35. The number of ether oxygens (including phenoxy) is 1. The molecule has 1 atom stereocenters. The van der Waals surface area contributed by atoms with Gasteiger partial charge < -0.3 is 15.8 Å². The molecular formula is C15H22N2O3. The Balaban J connectivity index is 2.24. The quantitative estimate of drug-likeness (QED) is 0.704. The molecule has 0 aliphatic heterocycles. The number of nitrogens with two attached hydrogens (primary N) is 1. The van der Waals surface area contributed by atoms with E-state index in [4.69, 9.17) is 10.5 Å². The van der Waals surface area contributed by atoms with E-state index < -0.39 is 11.8 Å². The molecule has 0 bridgehead atoms. The van der Waals surface area contributed by atoms with Crippen LogP contribution in [0.4, 0.5) is 0 Å². The average molecular weight is 278 g/mol. The van der Waals surface area contributed by atoms with Gasteiger partial charge in [-0.15, -0.1) is 0 Å². The highest BCUT2D eigenvalue weighted by molar-refractivity contribution is 5.84. The Hall–Kier alpha value is -2.04. The van der Waals surface area contributed by atoms with E-state index in [1.54, 1.807) is 0 Å². The molecule has 0 saturated carbocycles. The van der Waals surface area contributed by atoms with Crippen LogP contribution in [0.3, 0.4) is 0 Å². The highest BCUT2D eigenvalue weighted by Crippen LogP contribution is 2.14. The van der Waals surface area contributed by atoms with E-state index in [1.165, 1.54) is 0 Å². The molecule has 1 aromatic carbocycles. The van der Waals surface area contributed by atoms with E-state index in [0.717, 1.165) is 5.75 Å². The van der Waals surface area contributed by atoms with Crippen LogP contribution in [0, 0.1) is 11.8 Å². The van der Waals surface area contributed by atoms with Gasteiger partial charge in [-0.05, 0) is 18.1 Å². The fraction of sp³-hybridized carbons (Fsp3) is 0.467. The zero-order valence-electron chi connectivity index (χ0n) is 12.0. The number of hydrogen-bond donors (Lipinski definition) is 2. The van der Waals surface area contributed by atoms with Crippen LogP contribution in [0.25, 0.3) is 0 Å². The van der Waals surface area contributed by atoms with Gasteiger partial charge >= 0.3 is 0 Å². The molecule has 0 aliphatic rings. The Labute approximate surface area is 119 Å². The molecular weight excluding hydrogens is 256 g/mol. The van der Waals surface area contributed by atoms with Crippen LogP contribution in [0.15, 0.2) is 30.3 Å². The zero-order chi connectivity index (χ0) is 15.0. The third-order valence-corrected chi connectivity index (χ3v) is 3.01. The largest absolute Gasteiger partial charge is 0.492 e. The lowest BCUT2D eigenvalue weighted by molar-refractivity contribution is -0.129. The molecule has 3 N–H and O–H groups in total. The lowest BCUT2D eigenvalue weighted by Gasteiger charge is -2.16. The summed E-state index contributed by atoms with van der Waals surface area (Å²) in [5.41, 5.74) is 5.27. The first-order valence-electron chi connectivity index (χ1n) is 6.74. The summed E-state index contributed by atoms with van der Waals surface area (Å²) in [7, 11) is 0. The van der Waals surface area contributed by atoms with Crippen LogP contribution < -0.4 is 15.8 Å². The third kappa shape index (κ3) is 5.73. The first kappa shape index (κ1) is 16.0. The lowest BCUT2D eigenvalue weighted by atomic mass is 9.91. The molecule has 110 valence electrons. The number of benzene rings is 1. The monoisotopic (exact) mass is 278 g/mol. The third-order valence-electron chi connectivity index (χ3n) is 3.01. The second kappa shape index (κ2) is 8.19. The number of para-hydroxylation sites is 1. The number of primary amides is 1. The minimum Gasteiger partial charge on any atom is -0.492 e. The molecule has 0 fully saturated rings. The summed E-state index contributed by atoms with van der Waals surface area (Å²) in [4.78, 5) is 22.9. The van der Waals surface area contributed by atoms with Crippen molar-refractivity contribution >= 4 is 11.8 Å². The van der Waals surface area contributed by atoms with Crippen molar-refractivity contribution in [1.82, 2.24) is 5.32 Å². The van der Waals surface area contributed by atoms with Gasteiger partial charge in [0, 0.05) is 12.3 Å². The number of rotatable bonds is 8. The van der Waals surface area contributed by atoms with Crippen molar-refractivity contribution in [3.05, 3.63) is 30.3 Å². The SMILES string of the molecule is CC(C)C(CC(=O)NCCOc1ccccc1)C(N)=O. The highest BCUT2D eigenvalue weighted by Gasteiger charge is 2.22. The van der Waals surface area contributed by atoms with Gasteiger partial charge in [-0.1, -0.05) is 32.0 Å². The molecule has 2 amide bonds. The topological polar surface area (TPSA) is 81.4 Å². The van der Waals surface area contributed by atoms with Gasteiger partial charge in [-0.25, -0.2) is 0 Å². The molecule has 0 saturated heterocycles. The predicted molar refractivity (Wildman–Crippen MR) is 77.1 cm³/mol. The maximum atomic E-state index is 11.7. The maximum absolute atomic E-state index is 11.7. The van der Waals surface area contributed by atoms with E-state index in [9.17, 15) is 9.59 Å². The minimum absolute atomic E-state index is 0.0545. The molecule has 5 heteroatoms. The average Bonchev–Trinajstić information content (AvgIpc) is 2.41. The normalized spacial score (nSPS) is 11.9. The fourth-order valence-corrected chi connectivity index (χ4v) is 1.81. The number of carbonyl (C=O) groups excluding carboxylic acids is 2. The van der Waals surface area contributed by atoms with E-state index in [2.05, 4.69) is 5.32 Å². The zero-order valence-corrected chi connectivity index (χ0v) is 12.0. The summed E-state index contributed by atoms with van der Waals surface area (Å²) in [6.07, 6.45) is 0.123. The smallest absolute Gasteiger partial charge is 0.221 e. The van der Waals surface area contributed by atoms with Crippen LogP contribution in [-0.2, 0) is 9.59 Å².